The molecule has 112 valence electrons. The minimum absolute atomic E-state index is 0.138. The van der Waals surface area contributed by atoms with Crippen molar-refractivity contribution in [2.75, 3.05) is 13.2 Å². The summed E-state index contributed by atoms with van der Waals surface area (Å²) in [6, 6.07) is 0.590. The van der Waals surface area contributed by atoms with Crippen LogP contribution in [-0.2, 0) is 4.74 Å². The minimum Gasteiger partial charge on any atom is -0.374 e. The molecule has 0 aliphatic heterocycles. The molecule has 2 nitrogen and oxygen atoms in total. The van der Waals surface area contributed by atoms with Gasteiger partial charge >= 0.3 is 0 Å². The van der Waals surface area contributed by atoms with E-state index in [-0.39, 0.29) is 5.60 Å². The number of hydrogen-bond acceptors (Lipinski definition) is 2. The maximum Gasteiger partial charge on any atom is 0.0834 e. The summed E-state index contributed by atoms with van der Waals surface area (Å²) < 4.78 is 6.34. The fourth-order valence-electron chi connectivity index (χ4n) is 3.62. The topological polar surface area (TPSA) is 21.3 Å². The Kier molecular flexibility index (Phi) is 5.70. The second kappa shape index (κ2) is 7.08. The van der Waals surface area contributed by atoms with E-state index in [1.807, 2.05) is 0 Å². The molecule has 19 heavy (non-hydrogen) atoms. The Morgan fingerprint density at radius 2 is 1.84 bits per heavy atom. The van der Waals surface area contributed by atoms with Crippen LogP contribution in [0.4, 0.5) is 0 Å². The van der Waals surface area contributed by atoms with Gasteiger partial charge in [-0.25, -0.2) is 0 Å². The molecule has 0 radical (unpaired) electrons. The average molecular weight is 267 g/mol. The smallest absolute Gasteiger partial charge is 0.0834 e. The summed E-state index contributed by atoms with van der Waals surface area (Å²) in [5.41, 5.74) is 0.138. The van der Waals surface area contributed by atoms with Gasteiger partial charge in [0, 0.05) is 12.6 Å². The first-order valence-electron chi connectivity index (χ1n) is 8.57. The molecular weight excluding hydrogens is 234 g/mol. The van der Waals surface area contributed by atoms with E-state index in [0.717, 1.165) is 25.0 Å². The lowest BCUT2D eigenvalue weighted by atomic mass is 9.74. The van der Waals surface area contributed by atoms with Crippen LogP contribution >= 0.6 is 0 Å². The zero-order valence-electron chi connectivity index (χ0n) is 13.2. The van der Waals surface area contributed by atoms with E-state index in [1.165, 1.54) is 51.4 Å². The molecule has 2 aliphatic carbocycles. The van der Waals surface area contributed by atoms with Crippen molar-refractivity contribution in [1.29, 1.82) is 0 Å². The number of rotatable bonds is 8. The Bertz CT molecular complexity index is 254. The van der Waals surface area contributed by atoms with Crippen molar-refractivity contribution < 1.29 is 4.74 Å². The molecule has 0 heterocycles. The highest BCUT2D eigenvalue weighted by atomic mass is 16.5. The van der Waals surface area contributed by atoms with Crippen LogP contribution in [0.1, 0.15) is 72.1 Å². The van der Waals surface area contributed by atoms with Crippen molar-refractivity contribution in [3.8, 4) is 0 Å². The fraction of sp³-hybridized carbons (Fsp3) is 1.00. The molecule has 2 fully saturated rings. The van der Waals surface area contributed by atoms with Crippen molar-refractivity contribution in [2.45, 2.75) is 83.8 Å². The molecule has 0 aromatic heterocycles. The first-order chi connectivity index (χ1) is 9.20. The Morgan fingerprint density at radius 1 is 1.16 bits per heavy atom. The molecule has 2 heteroatoms. The van der Waals surface area contributed by atoms with E-state index in [9.17, 15) is 0 Å². The SMILES string of the molecule is CCCNC(CC1CC1)C1(OCC)CCC(C)CC1. The van der Waals surface area contributed by atoms with Gasteiger partial charge in [-0.3, -0.25) is 0 Å². The Morgan fingerprint density at radius 3 is 2.37 bits per heavy atom. The van der Waals surface area contributed by atoms with Gasteiger partial charge < -0.3 is 10.1 Å². The maximum atomic E-state index is 6.34. The van der Waals surface area contributed by atoms with Gasteiger partial charge in [-0.15, -0.1) is 0 Å². The predicted molar refractivity (Wildman–Crippen MR) is 81.4 cm³/mol. The number of nitrogens with one attached hydrogen (secondary N) is 1. The summed E-state index contributed by atoms with van der Waals surface area (Å²) >= 11 is 0. The van der Waals surface area contributed by atoms with Gasteiger partial charge in [0.25, 0.3) is 0 Å². The van der Waals surface area contributed by atoms with Gasteiger partial charge in [-0.05, 0) is 63.8 Å². The largest absolute Gasteiger partial charge is 0.374 e. The first-order valence-corrected chi connectivity index (χ1v) is 8.57. The zero-order valence-corrected chi connectivity index (χ0v) is 13.2. The molecule has 1 unspecified atom stereocenters. The molecule has 2 aliphatic rings. The molecule has 0 spiro atoms. The van der Waals surface area contributed by atoms with Gasteiger partial charge in [0.15, 0.2) is 0 Å². The molecule has 0 aromatic rings. The molecule has 0 saturated heterocycles. The van der Waals surface area contributed by atoms with Crippen LogP contribution < -0.4 is 5.32 Å². The van der Waals surface area contributed by atoms with Gasteiger partial charge in [-0.2, -0.15) is 0 Å². The first kappa shape index (κ1) is 15.3. The summed E-state index contributed by atoms with van der Waals surface area (Å²) in [6.07, 6.45) is 10.7. The summed E-state index contributed by atoms with van der Waals surface area (Å²) in [5, 5.41) is 3.83. The van der Waals surface area contributed by atoms with E-state index in [2.05, 4.69) is 26.1 Å². The van der Waals surface area contributed by atoms with Crippen LogP contribution in [-0.4, -0.2) is 24.8 Å². The van der Waals surface area contributed by atoms with E-state index < -0.39 is 0 Å². The molecule has 2 saturated carbocycles. The van der Waals surface area contributed by atoms with Crippen LogP contribution in [0.3, 0.4) is 0 Å². The van der Waals surface area contributed by atoms with Gasteiger partial charge in [0.2, 0.25) is 0 Å². The second-order valence-corrected chi connectivity index (χ2v) is 6.87. The minimum atomic E-state index is 0.138. The third-order valence-corrected chi connectivity index (χ3v) is 5.09. The van der Waals surface area contributed by atoms with Crippen LogP contribution in [0, 0.1) is 11.8 Å². The standard InChI is InChI=1S/C17H33NO/c1-4-12-18-16(13-15-6-7-15)17(19-5-2)10-8-14(3)9-11-17/h14-16,18H,4-13H2,1-3H3. The normalized spacial score (nSPS) is 33.3. The van der Waals surface area contributed by atoms with Crippen LogP contribution in [0.2, 0.25) is 0 Å². The van der Waals surface area contributed by atoms with Gasteiger partial charge in [0.05, 0.1) is 5.60 Å². The lowest BCUT2D eigenvalue weighted by Gasteiger charge is -2.45. The number of ether oxygens (including phenoxy) is 1. The lowest BCUT2D eigenvalue weighted by molar-refractivity contribution is -0.0986. The van der Waals surface area contributed by atoms with Crippen molar-refractivity contribution >= 4 is 0 Å². The monoisotopic (exact) mass is 267 g/mol. The fourth-order valence-corrected chi connectivity index (χ4v) is 3.62. The highest BCUT2D eigenvalue weighted by Gasteiger charge is 2.43. The van der Waals surface area contributed by atoms with E-state index in [4.69, 9.17) is 4.74 Å². The van der Waals surface area contributed by atoms with Crippen LogP contribution in [0.25, 0.3) is 0 Å². The van der Waals surface area contributed by atoms with E-state index >= 15 is 0 Å². The Hall–Kier alpha value is -0.0800. The third kappa shape index (κ3) is 4.19. The molecule has 0 amide bonds. The highest BCUT2D eigenvalue weighted by molar-refractivity contribution is 4.99. The zero-order chi connectivity index (χ0) is 13.7. The maximum absolute atomic E-state index is 6.34. The van der Waals surface area contributed by atoms with Crippen molar-refractivity contribution in [3.63, 3.8) is 0 Å². The molecule has 2 rings (SSSR count). The van der Waals surface area contributed by atoms with Crippen LogP contribution in [0.5, 0.6) is 0 Å². The summed E-state index contributed by atoms with van der Waals surface area (Å²) in [5.74, 6) is 1.87. The van der Waals surface area contributed by atoms with Crippen LogP contribution in [0.15, 0.2) is 0 Å². The quantitative estimate of drug-likeness (QED) is 0.713. The summed E-state index contributed by atoms with van der Waals surface area (Å²) in [4.78, 5) is 0. The molecule has 0 aromatic carbocycles. The van der Waals surface area contributed by atoms with Crippen molar-refractivity contribution in [2.24, 2.45) is 11.8 Å². The Balaban J connectivity index is 2.02. The third-order valence-electron chi connectivity index (χ3n) is 5.09. The van der Waals surface area contributed by atoms with E-state index in [1.54, 1.807) is 0 Å². The number of hydrogen-bond donors (Lipinski definition) is 1. The van der Waals surface area contributed by atoms with Gasteiger partial charge in [-0.1, -0.05) is 26.7 Å². The van der Waals surface area contributed by atoms with E-state index in [0.29, 0.717) is 6.04 Å². The van der Waals surface area contributed by atoms with Gasteiger partial charge in [0.1, 0.15) is 0 Å². The Labute approximate surface area is 119 Å². The molecule has 0 bridgehead atoms. The summed E-state index contributed by atoms with van der Waals surface area (Å²) in [6.45, 7) is 8.82. The average Bonchev–Trinajstić information content (AvgIpc) is 3.22. The van der Waals surface area contributed by atoms with Crippen molar-refractivity contribution in [3.05, 3.63) is 0 Å². The molecule has 1 atom stereocenters. The molecular formula is C17H33NO. The van der Waals surface area contributed by atoms with Crippen molar-refractivity contribution in [1.82, 2.24) is 5.32 Å². The lowest BCUT2D eigenvalue weighted by Crippen LogP contribution is -2.54. The predicted octanol–water partition coefficient (Wildman–Crippen LogP) is 4.14. The summed E-state index contributed by atoms with van der Waals surface area (Å²) in [7, 11) is 0. The highest BCUT2D eigenvalue weighted by Crippen LogP contribution is 2.42. The molecule has 1 N–H and O–H groups in total. The second-order valence-electron chi connectivity index (χ2n) is 6.87.